The molecule has 0 bridgehead atoms. The number of ether oxygens (including phenoxy) is 2. The molecule has 0 amide bonds. The number of rotatable bonds is 5. The fourth-order valence-corrected chi connectivity index (χ4v) is 1.52. The lowest BCUT2D eigenvalue weighted by molar-refractivity contribution is 0.0594. The van der Waals surface area contributed by atoms with Crippen LogP contribution in [0.4, 0.5) is 11.5 Å². The summed E-state index contributed by atoms with van der Waals surface area (Å²) in [6.07, 6.45) is 0. The minimum Gasteiger partial charge on any atom is -0.464 e. The molecule has 1 aromatic heterocycles. The van der Waals surface area contributed by atoms with Gasteiger partial charge in [0, 0.05) is 14.2 Å². The number of aromatic nitrogens is 1. The standard InChI is InChI=1S/C12H19N3O3/c1-8(7-17-3)15(2)11-9(13)5-6-10(14-11)12(16)18-4/h5-6,8H,7,13H2,1-4H3. The topological polar surface area (TPSA) is 77.7 Å². The highest BCUT2D eigenvalue weighted by Crippen LogP contribution is 2.21. The van der Waals surface area contributed by atoms with Crippen LogP contribution in [-0.4, -0.2) is 44.9 Å². The lowest BCUT2D eigenvalue weighted by Gasteiger charge is -2.26. The van der Waals surface area contributed by atoms with Crippen LogP contribution in [0, 0.1) is 0 Å². The summed E-state index contributed by atoms with van der Waals surface area (Å²) in [6.45, 7) is 2.52. The Morgan fingerprint density at radius 2 is 2.17 bits per heavy atom. The molecule has 0 fully saturated rings. The number of anilines is 2. The third-order valence-corrected chi connectivity index (χ3v) is 2.70. The summed E-state index contributed by atoms with van der Waals surface area (Å²) in [5.41, 5.74) is 6.61. The molecule has 0 saturated carbocycles. The summed E-state index contributed by atoms with van der Waals surface area (Å²) >= 11 is 0. The predicted molar refractivity (Wildman–Crippen MR) is 69.7 cm³/mol. The molecule has 2 N–H and O–H groups in total. The summed E-state index contributed by atoms with van der Waals surface area (Å²) in [5, 5.41) is 0. The molecule has 0 aliphatic carbocycles. The summed E-state index contributed by atoms with van der Waals surface area (Å²) in [7, 11) is 4.80. The molecule has 1 aromatic rings. The summed E-state index contributed by atoms with van der Waals surface area (Å²) in [6, 6.07) is 3.28. The van der Waals surface area contributed by atoms with E-state index in [-0.39, 0.29) is 11.7 Å². The molecule has 1 unspecified atom stereocenters. The fourth-order valence-electron chi connectivity index (χ4n) is 1.52. The van der Waals surface area contributed by atoms with Crippen LogP contribution in [0.3, 0.4) is 0 Å². The highest BCUT2D eigenvalue weighted by molar-refractivity contribution is 5.88. The Balaban J connectivity index is 3.03. The minimum atomic E-state index is -0.482. The number of esters is 1. The number of carbonyl (C=O) groups is 1. The van der Waals surface area contributed by atoms with Crippen molar-refractivity contribution in [3.8, 4) is 0 Å². The van der Waals surface area contributed by atoms with Crippen molar-refractivity contribution in [2.75, 3.05) is 38.5 Å². The van der Waals surface area contributed by atoms with E-state index in [0.717, 1.165) is 0 Å². The molecular weight excluding hydrogens is 234 g/mol. The van der Waals surface area contributed by atoms with Crippen LogP contribution in [0.1, 0.15) is 17.4 Å². The lowest BCUT2D eigenvalue weighted by atomic mass is 10.2. The Labute approximate surface area is 107 Å². The third-order valence-electron chi connectivity index (χ3n) is 2.70. The van der Waals surface area contributed by atoms with Gasteiger partial charge in [0.15, 0.2) is 11.5 Å². The molecule has 0 radical (unpaired) electrons. The first-order chi connectivity index (χ1) is 8.51. The number of likely N-dealkylation sites (N-methyl/N-ethyl adjacent to an activating group) is 1. The first-order valence-corrected chi connectivity index (χ1v) is 5.57. The Morgan fingerprint density at radius 3 is 2.72 bits per heavy atom. The maximum absolute atomic E-state index is 11.4. The van der Waals surface area contributed by atoms with Gasteiger partial charge in [-0.25, -0.2) is 9.78 Å². The number of hydrogen-bond acceptors (Lipinski definition) is 6. The predicted octanol–water partition coefficient (Wildman–Crippen LogP) is 0.921. The van der Waals surface area contributed by atoms with Gasteiger partial charge in [0.05, 0.1) is 25.4 Å². The van der Waals surface area contributed by atoms with E-state index in [0.29, 0.717) is 18.1 Å². The molecule has 0 spiro atoms. The number of hydrogen-bond donors (Lipinski definition) is 1. The fraction of sp³-hybridized carbons (Fsp3) is 0.500. The molecule has 1 rings (SSSR count). The van der Waals surface area contributed by atoms with Gasteiger partial charge in [0.1, 0.15) is 0 Å². The average molecular weight is 253 g/mol. The quantitative estimate of drug-likeness (QED) is 0.786. The summed E-state index contributed by atoms with van der Waals surface area (Å²) < 4.78 is 9.72. The third kappa shape index (κ3) is 3.10. The number of methoxy groups -OCH3 is 2. The Hall–Kier alpha value is -1.82. The number of nitrogens with zero attached hydrogens (tertiary/aromatic N) is 2. The van der Waals surface area contributed by atoms with Crippen LogP contribution in [0.2, 0.25) is 0 Å². The van der Waals surface area contributed by atoms with Crippen molar-refractivity contribution in [2.24, 2.45) is 0 Å². The molecule has 18 heavy (non-hydrogen) atoms. The molecule has 6 nitrogen and oxygen atoms in total. The second kappa shape index (κ2) is 6.20. The van der Waals surface area contributed by atoms with Gasteiger partial charge in [-0.15, -0.1) is 0 Å². The van der Waals surface area contributed by atoms with Crippen molar-refractivity contribution in [2.45, 2.75) is 13.0 Å². The van der Waals surface area contributed by atoms with Gasteiger partial charge in [0.2, 0.25) is 0 Å². The van der Waals surface area contributed by atoms with Crippen LogP contribution in [0.5, 0.6) is 0 Å². The highest BCUT2D eigenvalue weighted by atomic mass is 16.5. The molecule has 0 saturated heterocycles. The van der Waals surface area contributed by atoms with Crippen molar-refractivity contribution in [3.63, 3.8) is 0 Å². The van der Waals surface area contributed by atoms with E-state index >= 15 is 0 Å². The Morgan fingerprint density at radius 1 is 1.50 bits per heavy atom. The number of carbonyl (C=O) groups excluding carboxylic acids is 1. The highest BCUT2D eigenvalue weighted by Gasteiger charge is 2.17. The van der Waals surface area contributed by atoms with Crippen LogP contribution in [0.15, 0.2) is 12.1 Å². The Kier molecular flexibility index (Phi) is 4.91. The van der Waals surface area contributed by atoms with Crippen molar-refractivity contribution in [1.29, 1.82) is 0 Å². The Bertz CT molecular complexity index is 423. The van der Waals surface area contributed by atoms with Gasteiger partial charge in [0.25, 0.3) is 0 Å². The number of pyridine rings is 1. The second-order valence-electron chi connectivity index (χ2n) is 4.02. The maximum Gasteiger partial charge on any atom is 0.356 e. The van der Waals surface area contributed by atoms with E-state index in [2.05, 4.69) is 9.72 Å². The SMILES string of the molecule is COCC(C)N(C)c1nc(C(=O)OC)ccc1N. The molecular formula is C12H19N3O3. The monoisotopic (exact) mass is 253 g/mol. The zero-order valence-corrected chi connectivity index (χ0v) is 11.1. The average Bonchev–Trinajstić information content (AvgIpc) is 2.37. The van der Waals surface area contributed by atoms with E-state index in [1.165, 1.54) is 7.11 Å². The van der Waals surface area contributed by atoms with Crippen molar-refractivity contribution >= 4 is 17.5 Å². The smallest absolute Gasteiger partial charge is 0.356 e. The second-order valence-corrected chi connectivity index (χ2v) is 4.02. The maximum atomic E-state index is 11.4. The largest absolute Gasteiger partial charge is 0.464 e. The number of nitrogen functional groups attached to an aromatic ring is 1. The minimum absolute atomic E-state index is 0.0951. The van der Waals surface area contributed by atoms with Crippen molar-refractivity contribution in [3.05, 3.63) is 17.8 Å². The van der Waals surface area contributed by atoms with Crippen LogP contribution >= 0.6 is 0 Å². The molecule has 0 aliphatic heterocycles. The molecule has 1 heterocycles. The van der Waals surface area contributed by atoms with Crippen molar-refractivity contribution in [1.82, 2.24) is 4.98 Å². The number of nitrogens with two attached hydrogens (primary N) is 1. The molecule has 0 aromatic carbocycles. The van der Waals surface area contributed by atoms with Gasteiger partial charge in [-0.1, -0.05) is 0 Å². The van der Waals surface area contributed by atoms with E-state index in [4.69, 9.17) is 10.5 Å². The lowest BCUT2D eigenvalue weighted by Crippen LogP contribution is -2.34. The van der Waals surface area contributed by atoms with Gasteiger partial charge in [-0.05, 0) is 19.1 Å². The van der Waals surface area contributed by atoms with Gasteiger partial charge < -0.3 is 20.1 Å². The van der Waals surface area contributed by atoms with Crippen LogP contribution in [0.25, 0.3) is 0 Å². The zero-order valence-electron chi connectivity index (χ0n) is 11.1. The van der Waals surface area contributed by atoms with E-state index in [9.17, 15) is 4.79 Å². The summed E-state index contributed by atoms with van der Waals surface area (Å²) in [4.78, 5) is 17.5. The van der Waals surface area contributed by atoms with Gasteiger partial charge >= 0.3 is 5.97 Å². The first kappa shape index (κ1) is 14.2. The molecule has 0 aliphatic rings. The van der Waals surface area contributed by atoms with Crippen LogP contribution in [-0.2, 0) is 9.47 Å². The van der Waals surface area contributed by atoms with Gasteiger partial charge in [-0.3, -0.25) is 0 Å². The molecule has 1 atom stereocenters. The van der Waals surface area contributed by atoms with Crippen molar-refractivity contribution < 1.29 is 14.3 Å². The zero-order chi connectivity index (χ0) is 13.7. The van der Waals surface area contributed by atoms with Gasteiger partial charge in [-0.2, -0.15) is 0 Å². The summed E-state index contributed by atoms with van der Waals surface area (Å²) in [5.74, 6) is 0.0616. The molecule has 6 heteroatoms. The van der Waals surface area contributed by atoms with E-state index in [1.807, 2.05) is 18.9 Å². The van der Waals surface area contributed by atoms with E-state index < -0.39 is 5.97 Å². The molecule has 100 valence electrons. The normalized spacial score (nSPS) is 12.0. The van der Waals surface area contributed by atoms with Crippen LogP contribution < -0.4 is 10.6 Å². The first-order valence-electron chi connectivity index (χ1n) is 5.57. The van der Waals surface area contributed by atoms with E-state index in [1.54, 1.807) is 19.2 Å².